The standard InChI is InChI=1S/C20H27N3O5S2/c1-5-23(6-2)30(27,28)18-14-12-17(13-15-18)21-20(24)19(22(3)29(4,25)26)16-10-8-7-9-11-16/h7-15,19H,5-6H2,1-4H3,(H,21,24). The third-order valence-corrected chi connectivity index (χ3v) is 8.04. The molecule has 1 amide bonds. The first kappa shape index (κ1) is 24.0. The van der Waals surface area contributed by atoms with Crippen LogP contribution in [0.2, 0.25) is 0 Å². The summed E-state index contributed by atoms with van der Waals surface area (Å²) < 4.78 is 51.6. The van der Waals surface area contributed by atoms with Crippen molar-refractivity contribution in [3.63, 3.8) is 0 Å². The van der Waals surface area contributed by atoms with Gasteiger partial charge in [0.05, 0.1) is 11.2 Å². The molecular formula is C20H27N3O5S2. The van der Waals surface area contributed by atoms with Crippen molar-refractivity contribution in [3.05, 3.63) is 60.2 Å². The second-order valence-corrected chi connectivity index (χ2v) is 10.7. The normalized spacial score (nSPS) is 13.4. The zero-order valence-corrected chi connectivity index (χ0v) is 19.1. The molecule has 1 atom stereocenters. The SMILES string of the molecule is CCN(CC)S(=O)(=O)c1ccc(NC(=O)C(c2ccccc2)N(C)S(C)(=O)=O)cc1. The molecule has 0 saturated heterocycles. The summed E-state index contributed by atoms with van der Waals surface area (Å²) in [6.45, 7) is 4.23. The number of sulfonamides is 2. The molecule has 10 heteroatoms. The molecule has 1 unspecified atom stereocenters. The Bertz CT molecular complexity index is 1070. The van der Waals surface area contributed by atoms with Crippen LogP contribution in [0, 0.1) is 0 Å². The molecule has 0 saturated carbocycles. The van der Waals surface area contributed by atoms with Gasteiger partial charge in [0.1, 0.15) is 6.04 Å². The van der Waals surface area contributed by atoms with Crippen molar-refractivity contribution >= 4 is 31.6 Å². The van der Waals surface area contributed by atoms with Gasteiger partial charge < -0.3 is 5.32 Å². The molecule has 0 radical (unpaired) electrons. The van der Waals surface area contributed by atoms with Crippen LogP contribution in [-0.4, -0.2) is 57.7 Å². The monoisotopic (exact) mass is 453 g/mol. The largest absolute Gasteiger partial charge is 0.324 e. The van der Waals surface area contributed by atoms with Crippen LogP contribution in [0.25, 0.3) is 0 Å². The Morgan fingerprint density at radius 3 is 1.93 bits per heavy atom. The number of hydrogen-bond acceptors (Lipinski definition) is 5. The molecule has 1 N–H and O–H groups in total. The minimum atomic E-state index is -3.64. The van der Waals surface area contributed by atoms with Crippen LogP contribution in [0.4, 0.5) is 5.69 Å². The predicted octanol–water partition coefficient (Wildman–Crippen LogP) is 2.29. The highest BCUT2D eigenvalue weighted by molar-refractivity contribution is 7.89. The van der Waals surface area contributed by atoms with E-state index in [4.69, 9.17) is 0 Å². The molecule has 0 aliphatic heterocycles. The van der Waals surface area contributed by atoms with Gasteiger partial charge in [0.2, 0.25) is 26.0 Å². The number of hydrogen-bond donors (Lipinski definition) is 1. The van der Waals surface area contributed by atoms with Gasteiger partial charge in [0.15, 0.2) is 0 Å². The molecule has 0 aliphatic carbocycles. The molecule has 30 heavy (non-hydrogen) atoms. The third kappa shape index (κ3) is 5.45. The third-order valence-electron chi connectivity index (χ3n) is 4.72. The summed E-state index contributed by atoms with van der Waals surface area (Å²) in [5.74, 6) is -0.548. The number of benzene rings is 2. The van der Waals surface area contributed by atoms with E-state index in [2.05, 4.69) is 5.32 Å². The molecule has 0 bridgehead atoms. The lowest BCUT2D eigenvalue weighted by Gasteiger charge is -2.25. The number of nitrogens with zero attached hydrogens (tertiary/aromatic N) is 2. The summed E-state index contributed by atoms with van der Waals surface area (Å²) >= 11 is 0. The van der Waals surface area contributed by atoms with E-state index in [0.29, 0.717) is 24.3 Å². The Labute approximate surface area is 178 Å². The average molecular weight is 454 g/mol. The van der Waals surface area contributed by atoms with Crippen molar-refractivity contribution in [2.75, 3.05) is 31.7 Å². The summed E-state index contributed by atoms with van der Waals surface area (Å²) in [6, 6.07) is 13.3. The fourth-order valence-corrected chi connectivity index (χ4v) is 5.05. The smallest absolute Gasteiger partial charge is 0.247 e. The number of carbonyl (C=O) groups excluding carboxylic acids is 1. The minimum Gasteiger partial charge on any atom is -0.324 e. The van der Waals surface area contributed by atoms with Crippen LogP contribution in [0.5, 0.6) is 0 Å². The Morgan fingerprint density at radius 2 is 1.47 bits per heavy atom. The van der Waals surface area contributed by atoms with Crippen LogP contribution >= 0.6 is 0 Å². The van der Waals surface area contributed by atoms with Gasteiger partial charge >= 0.3 is 0 Å². The van der Waals surface area contributed by atoms with Gasteiger partial charge in [-0.15, -0.1) is 0 Å². The van der Waals surface area contributed by atoms with E-state index < -0.39 is 32.0 Å². The second kappa shape index (κ2) is 9.69. The maximum Gasteiger partial charge on any atom is 0.247 e. The van der Waals surface area contributed by atoms with Gasteiger partial charge in [-0.2, -0.15) is 8.61 Å². The van der Waals surface area contributed by atoms with E-state index in [1.54, 1.807) is 44.2 Å². The number of rotatable bonds is 9. The lowest BCUT2D eigenvalue weighted by atomic mass is 10.1. The maximum absolute atomic E-state index is 12.9. The molecule has 0 spiro atoms. The number of anilines is 1. The highest BCUT2D eigenvalue weighted by Gasteiger charge is 2.31. The summed E-state index contributed by atoms with van der Waals surface area (Å²) in [5.41, 5.74) is 0.880. The van der Waals surface area contributed by atoms with E-state index in [9.17, 15) is 21.6 Å². The van der Waals surface area contributed by atoms with Gasteiger partial charge in [-0.3, -0.25) is 4.79 Å². The molecule has 0 heterocycles. The van der Waals surface area contributed by atoms with Crippen LogP contribution < -0.4 is 5.32 Å². The van der Waals surface area contributed by atoms with Gasteiger partial charge in [0, 0.05) is 25.8 Å². The Morgan fingerprint density at radius 1 is 0.933 bits per heavy atom. The van der Waals surface area contributed by atoms with E-state index in [-0.39, 0.29) is 4.90 Å². The zero-order valence-electron chi connectivity index (χ0n) is 17.4. The zero-order chi connectivity index (χ0) is 22.5. The molecule has 8 nitrogen and oxygen atoms in total. The van der Waals surface area contributed by atoms with E-state index in [1.807, 2.05) is 0 Å². The summed E-state index contributed by atoms with van der Waals surface area (Å²) in [6.07, 6.45) is 1.03. The van der Waals surface area contributed by atoms with Crippen LogP contribution in [0.15, 0.2) is 59.5 Å². The summed E-state index contributed by atoms with van der Waals surface area (Å²) in [5, 5.41) is 2.68. The topological polar surface area (TPSA) is 104 Å². The number of likely N-dealkylation sites (N-methyl/N-ethyl adjacent to an activating group) is 1. The van der Waals surface area contributed by atoms with Gasteiger partial charge in [-0.1, -0.05) is 44.2 Å². The highest BCUT2D eigenvalue weighted by Crippen LogP contribution is 2.24. The first-order valence-electron chi connectivity index (χ1n) is 9.41. The lowest BCUT2D eigenvalue weighted by molar-refractivity contribution is -0.119. The first-order valence-corrected chi connectivity index (χ1v) is 12.7. The number of amides is 1. The van der Waals surface area contributed by atoms with Gasteiger partial charge in [-0.05, 0) is 29.8 Å². The fraction of sp³-hybridized carbons (Fsp3) is 0.350. The van der Waals surface area contributed by atoms with Crippen LogP contribution in [-0.2, 0) is 24.8 Å². The number of nitrogens with one attached hydrogen (secondary N) is 1. The van der Waals surface area contributed by atoms with Crippen molar-refractivity contribution in [2.24, 2.45) is 0 Å². The molecule has 2 rings (SSSR count). The lowest BCUT2D eigenvalue weighted by Crippen LogP contribution is -2.38. The van der Waals surface area contributed by atoms with Crippen molar-refractivity contribution in [1.82, 2.24) is 8.61 Å². The van der Waals surface area contributed by atoms with Crippen molar-refractivity contribution in [1.29, 1.82) is 0 Å². The van der Waals surface area contributed by atoms with E-state index in [0.717, 1.165) is 10.6 Å². The molecule has 0 fully saturated rings. The molecule has 164 valence electrons. The Balaban J connectivity index is 2.30. The minimum absolute atomic E-state index is 0.122. The average Bonchev–Trinajstić information content (AvgIpc) is 2.69. The van der Waals surface area contributed by atoms with E-state index in [1.165, 1.54) is 35.6 Å². The first-order chi connectivity index (χ1) is 14.0. The van der Waals surface area contributed by atoms with Crippen molar-refractivity contribution < 1.29 is 21.6 Å². The van der Waals surface area contributed by atoms with Gasteiger partial charge in [0.25, 0.3) is 0 Å². The second-order valence-electron chi connectivity index (χ2n) is 6.70. The fourth-order valence-electron chi connectivity index (χ4n) is 2.99. The number of carbonyl (C=O) groups is 1. The van der Waals surface area contributed by atoms with E-state index >= 15 is 0 Å². The highest BCUT2D eigenvalue weighted by atomic mass is 32.2. The van der Waals surface area contributed by atoms with Gasteiger partial charge in [-0.25, -0.2) is 16.8 Å². The van der Waals surface area contributed by atoms with Crippen LogP contribution in [0.1, 0.15) is 25.5 Å². The molecular weight excluding hydrogens is 426 g/mol. The predicted molar refractivity (Wildman–Crippen MR) is 117 cm³/mol. The maximum atomic E-state index is 12.9. The summed E-state index contributed by atoms with van der Waals surface area (Å²) in [4.78, 5) is 13.1. The molecule has 2 aromatic carbocycles. The quantitative estimate of drug-likeness (QED) is 0.627. The van der Waals surface area contributed by atoms with Crippen LogP contribution in [0.3, 0.4) is 0 Å². The van der Waals surface area contributed by atoms with Crippen molar-refractivity contribution in [2.45, 2.75) is 24.8 Å². The van der Waals surface area contributed by atoms with Crippen molar-refractivity contribution in [3.8, 4) is 0 Å². The Hall–Kier alpha value is -2.27. The summed E-state index contributed by atoms with van der Waals surface area (Å²) in [7, 11) is -5.91. The molecule has 0 aromatic heterocycles. The Kier molecular flexibility index (Phi) is 7.75. The molecule has 2 aromatic rings. The molecule has 0 aliphatic rings.